The van der Waals surface area contributed by atoms with Crippen molar-refractivity contribution in [3.63, 3.8) is 0 Å². The van der Waals surface area contributed by atoms with Crippen LogP contribution in [0.5, 0.6) is 0 Å². The first kappa shape index (κ1) is 11.7. The number of hydrogen-bond donors (Lipinski definition) is 2. The van der Waals surface area contributed by atoms with Gasteiger partial charge in [-0.3, -0.25) is 0 Å². The standard InChI is InChI=1S/C7H13F3O2/c1-4(11)3-6(12)5(2)7(8,9)10/h4-6,11-12H,3H2,1-2H3. The zero-order valence-corrected chi connectivity index (χ0v) is 6.97. The highest BCUT2D eigenvalue weighted by Crippen LogP contribution is 2.29. The molecule has 2 nitrogen and oxygen atoms in total. The van der Waals surface area contributed by atoms with Crippen LogP contribution in [0, 0.1) is 5.92 Å². The first-order chi connectivity index (χ1) is 5.25. The highest BCUT2D eigenvalue weighted by Gasteiger charge is 2.40. The molecule has 0 heterocycles. The van der Waals surface area contributed by atoms with Crippen LogP contribution in [0.3, 0.4) is 0 Å². The number of rotatable bonds is 3. The zero-order chi connectivity index (χ0) is 9.94. The second-order valence-corrected chi connectivity index (χ2v) is 2.98. The van der Waals surface area contributed by atoms with Gasteiger partial charge in [0.15, 0.2) is 0 Å². The van der Waals surface area contributed by atoms with Gasteiger partial charge in [0, 0.05) is 0 Å². The predicted octanol–water partition coefficient (Wildman–Crippen LogP) is 1.32. The van der Waals surface area contributed by atoms with Gasteiger partial charge in [0.05, 0.1) is 18.1 Å². The maximum atomic E-state index is 11.9. The molecule has 12 heavy (non-hydrogen) atoms. The number of aliphatic hydroxyl groups is 2. The van der Waals surface area contributed by atoms with Crippen molar-refractivity contribution in [1.82, 2.24) is 0 Å². The second kappa shape index (κ2) is 4.09. The minimum absolute atomic E-state index is 0.249. The summed E-state index contributed by atoms with van der Waals surface area (Å²) >= 11 is 0. The largest absolute Gasteiger partial charge is 0.394 e. The summed E-state index contributed by atoms with van der Waals surface area (Å²) < 4.78 is 35.7. The Morgan fingerprint density at radius 1 is 1.17 bits per heavy atom. The van der Waals surface area contributed by atoms with Crippen LogP contribution in [-0.2, 0) is 0 Å². The lowest BCUT2D eigenvalue weighted by Crippen LogP contribution is -2.33. The minimum Gasteiger partial charge on any atom is -0.393 e. The van der Waals surface area contributed by atoms with Crippen molar-refractivity contribution >= 4 is 0 Å². The second-order valence-electron chi connectivity index (χ2n) is 2.98. The molecular weight excluding hydrogens is 173 g/mol. The molecule has 0 spiro atoms. The number of halogens is 3. The molecule has 0 fully saturated rings. The molecule has 0 aliphatic rings. The summed E-state index contributed by atoms with van der Waals surface area (Å²) in [5.74, 6) is -1.79. The summed E-state index contributed by atoms with van der Waals surface area (Å²) in [6, 6.07) is 0. The molecule has 3 atom stereocenters. The molecule has 0 bridgehead atoms. The van der Waals surface area contributed by atoms with Gasteiger partial charge in [0.2, 0.25) is 0 Å². The number of alkyl halides is 3. The lowest BCUT2D eigenvalue weighted by atomic mass is 9.99. The van der Waals surface area contributed by atoms with E-state index in [1.807, 2.05) is 0 Å². The van der Waals surface area contributed by atoms with Gasteiger partial charge in [0.1, 0.15) is 0 Å². The molecule has 0 aromatic heterocycles. The van der Waals surface area contributed by atoms with Crippen LogP contribution in [0.4, 0.5) is 13.2 Å². The van der Waals surface area contributed by atoms with Crippen LogP contribution in [0.1, 0.15) is 20.3 Å². The van der Waals surface area contributed by atoms with E-state index >= 15 is 0 Å². The number of hydrogen-bond acceptors (Lipinski definition) is 2. The Bertz CT molecular complexity index is 133. The van der Waals surface area contributed by atoms with Gasteiger partial charge in [-0.05, 0) is 13.3 Å². The number of aliphatic hydroxyl groups excluding tert-OH is 2. The average Bonchev–Trinajstić information content (AvgIpc) is 1.82. The van der Waals surface area contributed by atoms with Crippen LogP contribution in [0.25, 0.3) is 0 Å². The first-order valence-electron chi connectivity index (χ1n) is 3.68. The molecular formula is C7H13F3O2. The van der Waals surface area contributed by atoms with Crippen LogP contribution >= 0.6 is 0 Å². The molecule has 74 valence electrons. The zero-order valence-electron chi connectivity index (χ0n) is 6.97. The molecule has 0 amide bonds. The Hall–Kier alpha value is -0.290. The molecule has 0 rings (SSSR count). The third kappa shape index (κ3) is 3.92. The van der Waals surface area contributed by atoms with Gasteiger partial charge in [-0.1, -0.05) is 6.92 Å². The Kier molecular flexibility index (Phi) is 3.99. The molecule has 0 saturated carbocycles. The molecule has 0 aliphatic heterocycles. The fraction of sp³-hybridized carbons (Fsp3) is 1.00. The van der Waals surface area contributed by atoms with Crippen molar-refractivity contribution in [3.8, 4) is 0 Å². The van der Waals surface area contributed by atoms with Crippen molar-refractivity contribution in [2.45, 2.75) is 38.7 Å². The SMILES string of the molecule is CC(O)CC(O)C(C)C(F)(F)F. The summed E-state index contributed by atoms with van der Waals surface area (Å²) in [5, 5.41) is 17.7. The average molecular weight is 186 g/mol. The van der Waals surface area contributed by atoms with Gasteiger partial charge in [0.25, 0.3) is 0 Å². The van der Waals surface area contributed by atoms with Gasteiger partial charge in [-0.15, -0.1) is 0 Å². The first-order valence-corrected chi connectivity index (χ1v) is 3.68. The highest BCUT2D eigenvalue weighted by molar-refractivity contribution is 4.72. The maximum Gasteiger partial charge on any atom is 0.394 e. The van der Waals surface area contributed by atoms with Gasteiger partial charge < -0.3 is 10.2 Å². The molecule has 0 aliphatic carbocycles. The van der Waals surface area contributed by atoms with E-state index in [0.29, 0.717) is 0 Å². The Balaban J connectivity index is 4.01. The molecule has 0 aromatic rings. The summed E-state index contributed by atoms with van der Waals surface area (Å²) in [7, 11) is 0. The van der Waals surface area contributed by atoms with Crippen molar-refractivity contribution in [2.24, 2.45) is 5.92 Å². The molecule has 0 saturated heterocycles. The van der Waals surface area contributed by atoms with Crippen molar-refractivity contribution in [3.05, 3.63) is 0 Å². The minimum atomic E-state index is -4.39. The molecule has 2 N–H and O–H groups in total. The van der Waals surface area contributed by atoms with Crippen molar-refractivity contribution in [1.29, 1.82) is 0 Å². The summed E-state index contributed by atoms with van der Waals surface area (Å²) in [6.07, 6.45) is -7.08. The quantitative estimate of drug-likeness (QED) is 0.697. The fourth-order valence-corrected chi connectivity index (χ4v) is 0.772. The van der Waals surface area contributed by atoms with E-state index in [2.05, 4.69) is 0 Å². The highest BCUT2D eigenvalue weighted by atomic mass is 19.4. The smallest absolute Gasteiger partial charge is 0.393 e. The summed E-state index contributed by atoms with van der Waals surface area (Å²) in [5.41, 5.74) is 0. The molecule has 0 aromatic carbocycles. The van der Waals surface area contributed by atoms with E-state index in [0.717, 1.165) is 6.92 Å². The fourth-order valence-electron chi connectivity index (χ4n) is 0.772. The Labute approximate surface area is 69.0 Å². The van der Waals surface area contributed by atoms with Gasteiger partial charge in [-0.25, -0.2) is 0 Å². The van der Waals surface area contributed by atoms with E-state index in [9.17, 15) is 13.2 Å². The van der Waals surface area contributed by atoms with Crippen LogP contribution in [0.2, 0.25) is 0 Å². The lowest BCUT2D eigenvalue weighted by Gasteiger charge is -2.22. The van der Waals surface area contributed by atoms with E-state index in [1.54, 1.807) is 0 Å². The third-order valence-corrected chi connectivity index (χ3v) is 1.68. The normalized spacial score (nSPS) is 20.2. The van der Waals surface area contributed by atoms with E-state index in [4.69, 9.17) is 10.2 Å². The summed E-state index contributed by atoms with van der Waals surface area (Å²) in [6.45, 7) is 2.24. The third-order valence-electron chi connectivity index (χ3n) is 1.68. The van der Waals surface area contributed by atoms with Gasteiger partial charge >= 0.3 is 6.18 Å². The predicted molar refractivity (Wildman–Crippen MR) is 37.5 cm³/mol. The van der Waals surface area contributed by atoms with Crippen LogP contribution in [0.15, 0.2) is 0 Å². The summed E-state index contributed by atoms with van der Waals surface area (Å²) in [4.78, 5) is 0. The topological polar surface area (TPSA) is 40.5 Å². The van der Waals surface area contributed by atoms with E-state index in [-0.39, 0.29) is 6.42 Å². The van der Waals surface area contributed by atoms with Crippen LogP contribution < -0.4 is 0 Å². The van der Waals surface area contributed by atoms with Crippen molar-refractivity contribution in [2.75, 3.05) is 0 Å². The molecule has 5 heteroatoms. The van der Waals surface area contributed by atoms with Gasteiger partial charge in [-0.2, -0.15) is 13.2 Å². The lowest BCUT2D eigenvalue weighted by molar-refractivity contribution is -0.196. The molecule has 0 radical (unpaired) electrons. The van der Waals surface area contributed by atoms with Crippen molar-refractivity contribution < 1.29 is 23.4 Å². The Morgan fingerprint density at radius 2 is 1.58 bits per heavy atom. The monoisotopic (exact) mass is 186 g/mol. The van der Waals surface area contributed by atoms with E-state index < -0.39 is 24.3 Å². The maximum absolute atomic E-state index is 11.9. The molecule has 3 unspecified atom stereocenters. The Morgan fingerprint density at radius 3 is 1.83 bits per heavy atom. The van der Waals surface area contributed by atoms with E-state index in [1.165, 1.54) is 6.92 Å². The van der Waals surface area contributed by atoms with Crippen LogP contribution in [-0.4, -0.2) is 28.6 Å².